The number of carbonyl (C=O) groups excluding carboxylic acids is 1. The van der Waals surface area contributed by atoms with Gasteiger partial charge in [0.2, 0.25) is 0 Å². The molecule has 1 amide bonds. The van der Waals surface area contributed by atoms with Crippen LogP contribution in [0, 0.1) is 0 Å². The number of rotatable bonds is 5. The first-order valence-corrected chi connectivity index (χ1v) is 7.64. The van der Waals surface area contributed by atoms with Crippen LogP contribution < -0.4 is 14.8 Å². The van der Waals surface area contributed by atoms with Crippen molar-refractivity contribution >= 4 is 16.9 Å². The van der Waals surface area contributed by atoms with Gasteiger partial charge in [0.05, 0.1) is 20.3 Å². The van der Waals surface area contributed by atoms with E-state index in [4.69, 9.17) is 13.9 Å². The highest BCUT2D eigenvalue weighted by molar-refractivity contribution is 5.97. The third-order valence-corrected chi connectivity index (χ3v) is 3.90. The molecule has 2 aromatic carbocycles. The molecule has 24 heavy (non-hydrogen) atoms. The van der Waals surface area contributed by atoms with Crippen LogP contribution in [0.3, 0.4) is 0 Å². The fraction of sp³-hybridized carbons (Fsp3) is 0.211. The zero-order chi connectivity index (χ0) is 17.1. The monoisotopic (exact) mass is 325 g/mol. The van der Waals surface area contributed by atoms with E-state index < -0.39 is 0 Å². The first kappa shape index (κ1) is 15.9. The number of carbonyl (C=O) groups is 1. The molecule has 0 saturated carbocycles. The summed E-state index contributed by atoms with van der Waals surface area (Å²) in [6.45, 7) is 1.90. The van der Waals surface area contributed by atoms with E-state index in [1.165, 1.54) is 0 Å². The quantitative estimate of drug-likeness (QED) is 0.772. The SMILES string of the molecule is COc1ccccc1[C@@H](C)NC(=O)c1cc2cccc(OC)c2o1. The van der Waals surface area contributed by atoms with Crippen molar-refractivity contribution in [3.05, 3.63) is 59.9 Å². The van der Waals surface area contributed by atoms with E-state index in [1.54, 1.807) is 26.4 Å². The van der Waals surface area contributed by atoms with Crippen molar-refractivity contribution < 1.29 is 18.7 Å². The van der Waals surface area contributed by atoms with Crippen LogP contribution in [-0.4, -0.2) is 20.1 Å². The zero-order valence-corrected chi connectivity index (χ0v) is 13.8. The summed E-state index contributed by atoms with van der Waals surface area (Å²) in [6, 6.07) is 14.6. The number of furan rings is 1. The smallest absolute Gasteiger partial charge is 0.287 e. The Balaban J connectivity index is 1.84. The Morgan fingerprint density at radius 1 is 1.04 bits per heavy atom. The van der Waals surface area contributed by atoms with Crippen LogP contribution in [0.15, 0.2) is 52.9 Å². The van der Waals surface area contributed by atoms with Crippen molar-refractivity contribution in [3.63, 3.8) is 0 Å². The standard InChI is InChI=1S/C19H19NO4/c1-12(14-8-4-5-9-15(14)22-2)20-19(21)17-11-13-7-6-10-16(23-3)18(13)24-17/h4-12H,1-3H3,(H,20,21)/t12-/m1/s1. The molecule has 0 saturated heterocycles. The lowest BCUT2D eigenvalue weighted by Gasteiger charge is -2.16. The fourth-order valence-corrected chi connectivity index (χ4v) is 2.68. The summed E-state index contributed by atoms with van der Waals surface area (Å²) in [5, 5.41) is 3.76. The molecule has 1 heterocycles. The minimum atomic E-state index is -0.286. The van der Waals surface area contributed by atoms with Crippen molar-refractivity contribution in [2.45, 2.75) is 13.0 Å². The number of para-hydroxylation sites is 2. The van der Waals surface area contributed by atoms with Gasteiger partial charge < -0.3 is 19.2 Å². The Morgan fingerprint density at radius 3 is 2.50 bits per heavy atom. The number of benzene rings is 2. The van der Waals surface area contributed by atoms with Gasteiger partial charge in [-0.25, -0.2) is 0 Å². The molecule has 0 bridgehead atoms. The molecule has 0 aliphatic rings. The summed E-state index contributed by atoms with van der Waals surface area (Å²) in [7, 11) is 3.18. The minimum absolute atomic E-state index is 0.219. The maximum Gasteiger partial charge on any atom is 0.287 e. The summed E-state index contributed by atoms with van der Waals surface area (Å²) >= 11 is 0. The van der Waals surface area contributed by atoms with Gasteiger partial charge in [-0.05, 0) is 25.1 Å². The fourth-order valence-electron chi connectivity index (χ4n) is 2.68. The largest absolute Gasteiger partial charge is 0.496 e. The second-order valence-electron chi connectivity index (χ2n) is 5.43. The lowest BCUT2D eigenvalue weighted by molar-refractivity contribution is 0.0913. The van der Waals surface area contributed by atoms with Crippen molar-refractivity contribution in [2.75, 3.05) is 14.2 Å². The van der Waals surface area contributed by atoms with Crippen molar-refractivity contribution in [2.24, 2.45) is 0 Å². The number of hydrogen-bond acceptors (Lipinski definition) is 4. The predicted molar refractivity (Wildman–Crippen MR) is 91.6 cm³/mol. The van der Waals surface area contributed by atoms with Crippen molar-refractivity contribution in [1.29, 1.82) is 0 Å². The third-order valence-electron chi connectivity index (χ3n) is 3.90. The van der Waals surface area contributed by atoms with Gasteiger partial charge in [0, 0.05) is 10.9 Å². The number of amides is 1. The topological polar surface area (TPSA) is 60.7 Å². The van der Waals surface area contributed by atoms with Gasteiger partial charge in [0.15, 0.2) is 17.1 Å². The van der Waals surface area contributed by atoms with E-state index in [1.807, 2.05) is 43.3 Å². The highest BCUT2D eigenvalue weighted by atomic mass is 16.5. The second kappa shape index (κ2) is 6.66. The highest BCUT2D eigenvalue weighted by Crippen LogP contribution is 2.29. The Hall–Kier alpha value is -2.95. The van der Waals surface area contributed by atoms with Crippen LogP contribution >= 0.6 is 0 Å². The van der Waals surface area contributed by atoms with Gasteiger partial charge in [0.25, 0.3) is 5.91 Å². The lowest BCUT2D eigenvalue weighted by atomic mass is 10.1. The first-order chi connectivity index (χ1) is 11.6. The first-order valence-electron chi connectivity index (χ1n) is 7.64. The van der Waals surface area contributed by atoms with Gasteiger partial charge >= 0.3 is 0 Å². The van der Waals surface area contributed by atoms with E-state index in [-0.39, 0.29) is 17.7 Å². The Morgan fingerprint density at radius 2 is 1.75 bits per heavy atom. The van der Waals surface area contributed by atoms with Crippen molar-refractivity contribution in [3.8, 4) is 11.5 Å². The lowest BCUT2D eigenvalue weighted by Crippen LogP contribution is -2.26. The summed E-state index contributed by atoms with van der Waals surface area (Å²) in [6.07, 6.45) is 0. The van der Waals surface area contributed by atoms with Gasteiger partial charge in [-0.15, -0.1) is 0 Å². The van der Waals surface area contributed by atoms with Crippen LogP contribution in [0.4, 0.5) is 0 Å². The van der Waals surface area contributed by atoms with E-state index in [2.05, 4.69) is 5.32 Å². The molecule has 124 valence electrons. The number of nitrogens with one attached hydrogen (secondary N) is 1. The molecule has 5 heteroatoms. The maximum absolute atomic E-state index is 12.5. The molecule has 0 aliphatic heterocycles. The van der Waals surface area contributed by atoms with E-state index in [0.29, 0.717) is 11.3 Å². The number of ether oxygens (including phenoxy) is 2. The Kier molecular flexibility index (Phi) is 4.42. The third kappa shape index (κ3) is 2.93. The molecule has 0 radical (unpaired) electrons. The Labute approximate surface area is 140 Å². The van der Waals surface area contributed by atoms with Gasteiger partial charge in [0.1, 0.15) is 5.75 Å². The van der Waals surface area contributed by atoms with Crippen LogP contribution in [0.2, 0.25) is 0 Å². The number of methoxy groups -OCH3 is 2. The molecule has 5 nitrogen and oxygen atoms in total. The van der Waals surface area contributed by atoms with Crippen molar-refractivity contribution in [1.82, 2.24) is 5.32 Å². The Bertz CT molecular complexity index is 869. The minimum Gasteiger partial charge on any atom is -0.496 e. The zero-order valence-electron chi connectivity index (χ0n) is 13.8. The molecular formula is C19H19NO4. The molecule has 0 unspecified atom stereocenters. The molecule has 1 aromatic heterocycles. The summed E-state index contributed by atoms with van der Waals surface area (Å²) in [4.78, 5) is 12.5. The molecule has 1 atom stereocenters. The molecule has 0 aliphatic carbocycles. The predicted octanol–water partition coefficient (Wildman–Crippen LogP) is 3.94. The molecule has 0 spiro atoms. The molecule has 3 rings (SSSR count). The van der Waals surface area contributed by atoms with Gasteiger partial charge in [-0.3, -0.25) is 4.79 Å². The summed E-state index contributed by atoms with van der Waals surface area (Å²) < 4.78 is 16.3. The molecular weight excluding hydrogens is 306 g/mol. The van der Waals surface area contributed by atoms with Crippen LogP contribution in [-0.2, 0) is 0 Å². The van der Waals surface area contributed by atoms with Gasteiger partial charge in [-0.1, -0.05) is 30.3 Å². The van der Waals surface area contributed by atoms with Crippen LogP contribution in [0.1, 0.15) is 29.1 Å². The number of hydrogen-bond donors (Lipinski definition) is 1. The summed E-state index contributed by atoms with van der Waals surface area (Å²) in [5.41, 5.74) is 1.47. The van der Waals surface area contributed by atoms with E-state index in [0.717, 1.165) is 16.7 Å². The van der Waals surface area contributed by atoms with E-state index in [9.17, 15) is 4.79 Å². The maximum atomic E-state index is 12.5. The molecule has 3 aromatic rings. The number of fused-ring (bicyclic) bond motifs is 1. The normalized spacial score (nSPS) is 12.0. The molecule has 1 N–H and O–H groups in total. The van der Waals surface area contributed by atoms with Gasteiger partial charge in [-0.2, -0.15) is 0 Å². The highest BCUT2D eigenvalue weighted by Gasteiger charge is 2.18. The molecule has 0 fully saturated rings. The average Bonchev–Trinajstić information content (AvgIpc) is 3.06. The summed E-state index contributed by atoms with van der Waals surface area (Å²) in [5.74, 6) is 1.30. The van der Waals surface area contributed by atoms with E-state index >= 15 is 0 Å². The van der Waals surface area contributed by atoms with Crippen LogP contribution in [0.25, 0.3) is 11.0 Å². The second-order valence-corrected chi connectivity index (χ2v) is 5.43. The average molecular weight is 325 g/mol. The van der Waals surface area contributed by atoms with Crippen LogP contribution in [0.5, 0.6) is 11.5 Å².